The van der Waals surface area contributed by atoms with Crippen LogP contribution in [0.3, 0.4) is 0 Å². The van der Waals surface area contributed by atoms with Crippen LogP contribution in [0.1, 0.15) is 28.4 Å². The van der Waals surface area contributed by atoms with Crippen molar-refractivity contribution >= 4 is 5.91 Å². The molecule has 20 heavy (non-hydrogen) atoms. The van der Waals surface area contributed by atoms with Crippen LogP contribution in [0.25, 0.3) is 0 Å². The summed E-state index contributed by atoms with van der Waals surface area (Å²) in [4.78, 5) is 11.9. The van der Waals surface area contributed by atoms with Gasteiger partial charge in [-0.05, 0) is 18.1 Å². The Labute approximate surface area is 117 Å². The monoisotopic (exact) mass is 271 g/mol. The molecule has 4 nitrogen and oxygen atoms in total. The van der Waals surface area contributed by atoms with Crippen molar-refractivity contribution in [2.24, 2.45) is 5.92 Å². The number of benzene rings is 1. The molecule has 1 N–H and O–H groups in total. The van der Waals surface area contributed by atoms with Gasteiger partial charge in [0.05, 0.1) is 17.9 Å². The zero-order valence-corrected chi connectivity index (χ0v) is 11.1. The summed E-state index contributed by atoms with van der Waals surface area (Å²) in [7, 11) is 0. The lowest BCUT2D eigenvalue weighted by Crippen LogP contribution is -2.30. The average molecular weight is 271 g/mol. The molecule has 0 aliphatic carbocycles. The van der Waals surface area contributed by atoms with Crippen molar-refractivity contribution in [2.45, 2.75) is 12.5 Å². The maximum Gasteiger partial charge on any atom is 0.254 e. The molecule has 1 aliphatic rings. The van der Waals surface area contributed by atoms with Crippen LogP contribution >= 0.6 is 0 Å². The molecule has 2 atom stereocenters. The maximum absolute atomic E-state index is 11.9. The first-order valence-electron chi connectivity index (χ1n) is 6.81. The van der Waals surface area contributed by atoms with Crippen LogP contribution in [-0.4, -0.2) is 19.1 Å². The number of carbonyl (C=O) groups is 1. The molecule has 1 saturated heterocycles. The first-order chi connectivity index (χ1) is 9.84. The molecule has 0 spiro atoms. The number of hydrogen-bond donors (Lipinski definition) is 1. The summed E-state index contributed by atoms with van der Waals surface area (Å²) in [5.74, 6) is 0.214. The molecular formula is C16H17NO3. The van der Waals surface area contributed by atoms with Gasteiger partial charge in [0.15, 0.2) is 0 Å². The first kappa shape index (κ1) is 12.9. The normalized spacial score (nSPS) is 21.8. The number of carbonyl (C=O) groups excluding carboxylic acids is 1. The van der Waals surface area contributed by atoms with Gasteiger partial charge in [-0.1, -0.05) is 30.3 Å². The molecule has 1 aromatic carbocycles. The minimum absolute atomic E-state index is 0.0702. The molecule has 1 aromatic heterocycles. The third-order valence-corrected chi connectivity index (χ3v) is 3.65. The Morgan fingerprint density at radius 2 is 2.10 bits per heavy atom. The van der Waals surface area contributed by atoms with Crippen LogP contribution in [0.4, 0.5) is 0 Å². The number of hydrogen-bond acceptors (Lipinski definition) is 3. The molecule has 2 aromatic rings. The molecule has 0 unspecified atom stereocenters. The summed E-state index contributed by atoms with van der Waals surface area (Å²) < 4.78 is 10.7. The molecule has 1 amide bonds. The van der Waals surface area contributed by atoms with Crippen LogP contribution < -0.4 is 5.32 Å². The Balaban J connectivity index is 1.61. The van der Waals surface area contributed by atoms with Crippen LogP contribution in [0, 0.1) is 5.92 Å². The lowest BCUT2D eigenvalue weighted by molar-refractivity contribution is 0.0846. The highest BCUT2D eigenvalue weighted by atomic mass is 16.5. The summed E-state index contributed by atoms with van der Waals surface area (Å²) >= 11 is 0. The van der Waals surface area contributed by atoms with Gasteiger partial charge in [-0.2, -0.15) is 0 Å². The SMILES string of the molecule is O=C(NC[C@H]1CCO[C@@H]1c1ccccc1)c1ccoc1. The fourth-order valence-corrected chi connectivity index (χ4v) is 2.57. The molecule has 0 radical (unpaired) electrons. The molecule has 4 heteroatoms. The van der Waals surface area contributed by atoms with Gasteiger partial charge in [0.1, 0.15) is 6.26 Å². The zero-order valence-electron chi connectivity index (χ0n) is 11.1. The smallest absolute Gasteiger partial charge is 0.254 e. The van der Waals surface area contributed by atoms with Crippen molar-refractivity contribution in [3.8, 4) is 0 Å². The van der Waals surface area contributed by atoms with E-state index in [2.05, 4.69) is 17.4 Å². The zero-order chi connectivity index (χ0) is 13.8. The van der Waals surface area contributed by atoms with E-state index < -0.39 is 0 Å². The van der Waals surface area contributed by atoms with E-state index >= 15 is 0 Å². The van der Waals surface area contributed by atoms with Crippen molar-refractivity contribution in [2.75, 3.05) is 13.2 Å². The summed E-state index contributed by atoms with van der Waals surface area (Å²) in [6, 6.07) is 11.8. The summed E-state index contributed by atoms with van der Waals surface area (Å²) in [5, 5.41) is 2.95. The van der Waals surface area contributed by atoms with E-state index in [1.807, 2.05) is 18.2 Å². The van der Waals surface area contributed by atoms with Gasteiger partial charge in [-0.15, -0.1) is 0 Å². The third kappa shape index (κ3) is 2.75. The van der Waals surface area contributed by atoms with Crippen molar-refractivity contribution in [1.82, 2.24) is 5.32 Å². The predicted octanol–water partition coefficient (Wildman–Crippen LogP) is 2.79. The van der Waals surface area contributed by atoms with Crippen LogP contribution in [0.15, 0.2) is 53.3 Å². The van der Waals surface area contributed by atoms with Crippen molar-refractivity contribution < 1.29 is 13.9 Å². The fourth-order valence-electron chi connectivity index (χ4n) is 2.57. The minimum atomic E-state index is -0.0996. The van der Waals surface area contributed by atoms with Gasteiger partial charge in [0, 0.05) is 19.1 Å². The Morgan fingerprint density at radius 1 is 1.25 bits per heavy atom. The number of rotatable bonds is 4. The van der Waals surface area contributed by atoms with E-state index in [4.69, 9.17) is 9.15 Å². The quantitative estimate of drug-likeness (QED) is 0.930. The summed E-state index contributed by atoms with van der Waals surface area (Å²) in [6.45, 7) is 1.36. The van der Waals surface area contributed by atoms with Crippen molar-refractivity contribution in [3.05, 3.63) is 60.1 Å². The molecule has 2 heterocycles. The van der Waals surface area contributed by atoms with Gasteiger partial charge in [0.25, 0.3) is 5.91 Å². The Morgan fingerprint density at radius 3 is 2.85 bits per heavy atom. The van der Waals surface area contributed by atoms with Gasteiger partial charge in [-0.3, -0.25) is 4.79 Å². The van der Waals surface area contributed by atoms with E-state index in [1.165, 1.54) is 18.1 Å². The van der Waals surface area contributed by atoms with E-state index in [-0.39, 0.29) is 12.0 Å². The van der Waals surface area contributed by atoms with Crippen molar-refractivity contribution in [1.29, 1.82) is 0 Å². The van der Waals surface area contributed by atoms with Gasteiger partial charge in [-0.25, -0.2) is 0 Å². The predicted molar refractivity (Wildman–Crippen MR) is 74.3 cm³/mol. The highest BCUT2D eigenvalue weighted by Gasteiger charge is 2.29. The van der Waals surface area contributed by atoms with E-state index in [9.17, 15) is 4.79 Å². The van der Waals surface area contributed by atoms with E-state index in [1.54, 1.807) is 6.07 Å². The van der Waals surface area contributed by atoms with E-state index in [0.29, 0.717) is 18.0 Å². The standard InChI is InChI=1S/C16H17NO3/c18-16(14-6-8-19-11-14)17-10-13-7-9-20-15(13)12-4-2-1-3-5-12/h1-6,8,11,13,15H,7,9-10H2,(H,17,18)/t13-,15-/m1/s1. The van der Waals surface area contributed by atoms with Crippen LogP contribution in [0.5, 0.6) is 0 Å². The largest absolute Gasteiger partial charge is 0.472 e. The highest BCUT2D eigenvalue weighted by Crippen LogP contribution is 2.33. The Hall–Kier alpha value is -2.07. The molecule has 1 fully saturated rings. The van der Waals surface area contributed by atoms with Gasteiger partial charge >= 0.3 is 0 Å². The number of furan rings is 1. The maximum atomic E-state index is 11.9. The minimum Gasteiger partial charge on any atom is -0.472 e. The molecule has 0 bridgehead atoms. The highest BCUT2D eigenvalue weighted by molar-refractivity contribution is 5.93. The van der Waals surface area contributed by atoms with Crippen molar-refractivity contribution in [3.63, 3.8) is 0 Å². The summed E-state index contributed by atoms with van der Waals surface area (Å²) in [5.41, 5.74) is 1.73. The van der Waals surface area contributed by atoms with Crippen LogP contribution in [-0.2, 0) is 4.74 Å². The second-order valence-electron chi connectivity index (χ2n) is 4.97. The Bertz CT molecular complexity index is 550. The Kier molecular flexibility index (Phi) is 3.83. The van der Waals surface area contributed by atoms with Gasteiger partial charge < -0.3 is 14.5 Å². The third-order valence-electron chi connectivity index (χ3n) is 3.65. The summed E-state index contributed by atoms with van der Waals surface area (Å²) in [6.07, 6.45) is 3.99. The lowest BCUT2D eigenvalue weighted by Gasteiger charge is -2.19. The first-order valence-corrected chi connectivity index (χ1v) is 6.81. The molecule has 1 aliphatic heterocycles. The van der Waals surface area contributed by atoms with Gasteiger partial charge in [0.2, 0.25) is 0 Å². The number of ether oxygens (including phenoxy) is 1. The fraction of sp³-hybridized carbons (Fsp3) is 0.312. The molecule has 3 rings (SSSR count). The average Bonchev–Trinajstić information content (AvgIpc) is 3.17. The van der Waals surface area contributed by atoms with Crippen LogP contribution in [0.2, 0.25) is 0 Å². The number of nitrogens with one attached hydrogen (secondary N) is 1. The second kappa shape index (κ2) is 5.92. The second-order valence-corrected chi connectivity index (χ2v) is 4.97. The molecular weight excluding hydrogens is 254 g/mol. The molecule has 104 valence electrons. The topological polar surface area (TPSA) is 51.5 Å². The molecule has 0 saturated carbocycles. The van der Waals surface area contributed by atoms with E-state index in [0.717, 1.165) is 13.0 Å². The number of amides is 1. The lowest BCUT2D eigenvalue weighted by atomic mass is 9.95.